The molecule has 2 aromatic rings. The molecule has 2 aromatic carbocycles. The number of halogens is 1. The van der Waals surface area contributed by atoms with Crippen molar-refractivity contribution in [2.45, 2.75) is 38.6 Å². The van der Waals surface area contributed by atoms with Crippen LogP contribution in [0.5, 0.6) is 0 Å². The summed E-state index contributed by atoms with van der Waals surface area (Å²) in [6.45, 7) is 5.22. The third-order valence-electron chi connectivity index (χ3n) is 5.06. The summed E-state index contributed by atoms with van der Waals surface area (Å²) in [6, 6.07) is 16.2. The molecule has 0 aliphatic carbocycles. The molecule has 0 spiro atoms. The maximum absolute atomic E-state index is 6.52. The van der Waals surface area contributed by atoms with Gasteiger partial charge in [0.05, 0.1) is 17.1 Å². The Labute approximate surface area is 165 Å². The van der Waals surface area contributed by atoms with Crippen LogP contribution in [0.2, 0.25) is 5.02 Å². The first-order valence-electron chi connectivity index (χ1n) is 9.17. The van der Waals surface area contributed by atoms with Gasteiger partial charge in [0, 0.05) is 34.8 Å². The molecule has 0 fully saturated rings. The summed E-state index contributed by atoms with van der Waals surface area (Å²) in [4.78, 5) is 4.95. The van der Waals surface area contributed by atoms with E-state index in [4.69, 9.17) is 22.3 Å². The SMILES string of the molecule is CCC(N)(CC)CSN1CCC(c2ccccc2Cl)=Nc2ccccc21. The number of fused-ring (bicyclic) bond motifs is 1. The summed E-state index contributed by atoms with van der Waals surface area (Å²) < 4.78 is 2.34. The highest BCUT2D eigenvalue weighted by Gasteiger charge is 2.25. The van der Waals surface area contributed by atoms with Gasteiger partial charge >= 0.3 is 0 Å². The summed E-state index contributed by atoms with van der Waals surface area (Å²) >= 11 is 8.23. The van der Waals surface area contributed by atoms with Crippen LogP contribution in [0.1, 0.15) is 38.7 Å². The Morgan fingerprint density at radius 3 is 2.54 bits per heavy atom. The Bertz CT molecular complexity index is 786. The van der Waals surface area contributed by atoms with Gasteiger partial charge in [-0.25, -0.2) is 0 Å². The van der Waals surface area contributed by atoms with E-state index in [1.54, 1.807) is 0 Å². The number of benzene rings is 2. The fraction of sp³-hybridized carbons (Fsp3) is 0.381. The number of rotatable bonds is 6. The number of aliphatic imine (C=N–C) groups is 1. The lowest BCUT2D eigenvalue weighted by atomic mass is 9.97. The van der Waals surface area contributed by atoms with E-state index in [1.807, 2.05) is 42.3 Å². The lowest BCUT2D eigenvalue weighted by molar-refractivity contribution is 0.446. The Hall–Kier alpha value is -1.49. The first kappa shape index (κ1) is 19.3. The molecule has 2 N–H and O–H groups in total. The van der Waals surface area contributed by atoms with E-state index in [-0.39, 0.29) is 5.54 Å². The second kappa shape index (κ2) is 8.47. The van der Waals surface area contributed by atoms with Gasteiger partial charge in [0.1, 0.15) is 0 Å². The van der Waals surface area contributed by atoms with E-state index in [0.29, 0.717) is 0 Å². The fourth-order valence-electron chi connectivity index (χ4n) is 2.98. The molecule has 26 heavy (non-hydrogen) atoms. The lowest BCUT2D eigenvalue weighted by Crippen LogP contribution is -2.42. The monoisotopic (exact) mass is 387 g/mol. The zero-order chi connectivity index (χ0) is 18.6. The summed E-state index contributed by atoms with van der Waals surface area (Å²) in [7, 11) is 0. The van der Waals surface area contributed by atoms with E-state index in [9.17, 15) is 0 Å². The minimum Gasteiger partial charge on any atom is -0.324 e. The molecule has 3 rings (SSSR count). The van der Waals surface area contributed by atoms with Crippen LogP contribution in [0.3, 0.4) is 0 Å². The highest BCUT2D eigenvalue weighted by molar-refractivity contribution is 8.00. The van der Waals surface area contributed by atoms with Crippen molar-refractivity contribution in [2.75, 3.05) is 16.6 Å². The van der Waals surface area contributed by atoms with Gasteiger partial charge in [-0.3, -0.25) is 4.99 Å². The maximum atomic E-state index is 6.52. The number of anilines is 1. The number of nitrogens with zero attached hydrogens (tertiary/aromatic N) is 2. The molecule has 5 heteroatoms. The van der Waals surface area contributed by atoms with Gasteiger partial charge in [0.15, 0.2) is 0 Å². The fourth-order valence-corrected chi connectivity index (χ4v) is 4.56. The first-order chi connectivity index (χ1) is 12.6. The molecule has 0 amide bonds. The van der Waals surface area contributed by atoms with Crippen LogP contribution in [0, 0.1) is 0 Å². The minimum atomic E-state index is -0.127. The van der Waals surface area contributed by atoms with Crippen molar-refractivity contribution in [3.63, 3.8) is 0 Å². The number of nitrogens with two attached hydrogens (primary N) is 1. The van der Waals surface area contributed by atoms with Crippen molar-refractivity contribution >= 4 is 40.6 Å². The van der Waals surface area contributed by atoms with Crippen LogP contribution < -0.4 is 10.0 Å². The van der Waals surface area contributed by atoms with Crippen LogP contribution in [-0.2, 0) is 0 Å². The lowest BCUT2D eigenvalue weighted by Gasteiger charge is -2.30. The zero-order valence-electron chi connectivity index (χ0n) is 15.4. The molecule has 1 heterocycles. The summed E-state index contributed by atoms with van der Waals surface area (Å²) in [5.74, 6) is 0.899. The normalized spacial score (nSPS) is 14.6. The molecule has 0 bridgehead atoms. The minimum absolute atomic E-state index is 0.127. The van der Waals surface area contributed by atoms with Crippen molar-refractivity contribution in [3.05, 3.63) is 59.1 Å². The van der Waals surface area contributed by atoms with E-state index >= 15 is 0 Å². The largest absolute Gasteiger partial charge is 0.324 e. The first-order valence-corrected chi connectivity index (χ1v) is 10.5. The van der Waals surface area contributed by atoms with Crippen LogP contribution in [0.15, 0.2) is 53.5 Å². The summed E-state index contributed by atoms with van der Waals surface area (Å²) in [5.41, 5.74) is 10.6. The van der Waals surface area contributed by atoms with Gasteiger partial charge in [-0.05, 0) is 43.0 Å². The molecule has 1 aliphatic heterocycles. The molecule has 0 unspecified atom stereocenters. The topological polar surface area (TPSA) is 41.6 Å². The van der Waals surface area contributed by atoms with Gasteiger partial charge in [0.2, 0.25) is 0 Å². The van der Waals surface area contributed by atoms with Crippen molar-refractivity contribution in [2.24, 2.45) is 10.7 Å². The summed E-state index contributed by atoms with van der Waals surface area (Å²) in [6.07, 6.45) is 2.81. The molecule has 0 saturated heterocycles. The van der Waals surface area contributed by atoms with Gasteiger partial charge in [-0.15, -0.1) is 0 Å². The Kier molecular flexibility index (Phi) is 6.28. The third kappa shape index (κ3) is 4.25. The van der Waals surface area contributed by atoms with Crippen molar-refractivity contribution in [1.29, 1.82) is 0 Å². The molecule has 0 radical (unpaired) electrons. The van der Waals surface area contributed by atoms with Gasteiger partial charge in [-0.2, -0.15) is 0 Å². The molecule has 0 atom stereocenters. The van der Waals surface area contributed by atoms with Crippen LogP contribution in [-0.4, -0.2) is 23.5 Å². The highest BCUT2D eigenvalue weighted by atomic mass is 35.5. The number of hydrogen-bond donors (Lipinski definition) is 1. The van der Waals surface area contributed by atoms with Crippen molar-refractivity contribution in [1.82, 2.24) is 0 Å². The Morgan fingerprint density at radius 2 is 1.81 bits per heavy atom. The van der Waals surface area contributed by atoms with E-state index in [2.05, 4.69) is 36.4 Å². The third-order valence-corrected chi connectivity index (χ3v) is 6.78. The van der Waals surface area contributed by atoms with E-state index < -0.39 is 0 Å². The molecule has 0 aromatic heterocycles. The van der Waals surface area contributed by atoms with Gasteiger partial charge in [0.25, 0.3) is 0 Å². The van der Waals surface area contributed by atoms with E-state index in [0.717, 1.165) is 59.2 Å². The molecule has 138 valence electrons. The zero-order valence-corrected chi connectivity index (χ0v) is 17.0. The molecule has 0 saturated carbocycles. The standard InChI is InChI=1S/C21H26ClN3S/c1-3-21(23,4-2)15-26-25-14-13-18(16-9-5-6-10-17(16)22)24-19-11-7-8-12-20(19)25/h5-12H,3-4,13-15,23H2,1-2H3. The Balaban J connectivity index is 1.88. The van der Waals surface area contributed by atoms with Crippen molar-refractivity contribution in [3.8, 4) is 0 Å². The smallest absolute Gasteiger partial charge is 0.0875 e. The Morgan fingerprint density at radius 1 is 1.12 bits per heavy atom. The predicted molar refractivity (Wildman–Crippen MR) is 116 cm³/mol. The van der Waals surface area contributed by atoms with Crippen LogP contribution >= 0.6 is 23.5 Å². The average Bonchev–Trinajstić information content (AvgIpc) is 2.86. The summed E-state index contributed by atoms with van der Waals surface area (Å²) in [5, 5.41) is 0.753. The van der Waals surface area contributed by atoms with E-state index in [1.165, 1.54) is 0 Å². The maximum Gasteiger partial charge on any atom is 0.0875 e. The van der Waals surface area contributed by atoms with Gasteiger partial charge < -0.3 is 10.0 Å². The molecular weight excluding hydrogens is 362 g/mol. The second-order valence-corrected chi connectivity index (χ2v) is 8.12. The second-order valence-electron chi connectivity index (χ2n) is 6.72. The van der Waals surface area contributed by atoms with Crippen molar-refractivity contribution < 1.29 is 0 Å². The molecule has 1 aliphatic rings. The molecular formula is C21H26ClN3S. The average molecular weight is 388 g/mol. The quantitative estimate of drug-likeness (QED) is 0.633. The predicted octanol–water partition coefficient (Wildman–Crippen LogP) is 5.84. The van der Waals surface area contributed by atoms with Crippen LogP contribution in [0.4, 0.5) is 11.4 Å². The number of hydrogen-bond acceptors (Lipinski definition) is 4. The van der Waals surface area contributed by atoms with Crippen LogP contribution in [0.25, 0.3) is 0 Å². The molecule has 3 nitrogen and oxygen atoms in total. The number of para-hydroxylation sites is 2. The van der Waals surface area contributed by atoms with Gasteiger partial charge in [-0.1, -0.05) is 55.8 Å². The highest BCUT2D eigenvalue weighted by Crippen LogP contribution is 2.37.